The van der Waals surface area contributed by atoms with E-state index in [1.807, 2.05) is 30.0 Å². The number of halogens is 2. The molecule has 0 atom stereocenters. The van der Waals surface area contributed by atoms with Crippen molar-refractivity contribution in [2.45, 2.75) is 12.7 Å². The van der Waals surface area contributed by atoms with Crippen LogP contribution in [0, 0.1) is 0 Å². The molecule has 0 N–H and O–H groups in total. The minimum Gasteiger partial charge on any atom is -0.157 e. The summed E-state index contributed by atoms with van der Waals surface area (Å²) in [5.74, 6) is 2.16. The van der Waals surface area contributed by atoms with E-state index in [0.29, 0.717) is 0 Å². The molecule has 1 rings (SSSR count). The van der Waals surface area contributed by atoms with Crippen LogP contribution >= 0.6 is 39.3 Å². The second-order valence-corrected chi connectivity index (χ2v) is 4.94. The summed E-state index contributed by atoms with van der Waals surface area (Å²) in [6.07, 6.45) is 0. The van der Waals surface area contributed by atoms with E-state index < -0.39 is 0 Å². The van der Waals surface area contributed by atoms with E-state index >= 15 is 0 Å². The highest BCUT2D eigenvalue weighted by atomic mass is 79.9. The summed E-state index contributed by atoms with van der Waals surface area (Å²) in [4.78, 5) is 0. The summed E-state index contributed by atoms with van der Waals surface area (Å²) >= 11 is 11.2. The summed E-state index contributed by atoms with van der Waals surface area (Å²) in [5.41, 5.74) is 1.27. The topological polar surface area (TPSA) is 0 Å². The second kappa shape index (κ2) is 5.15. The van der Waals surface area contributed by atoms with Gasteiger partial charge in [0.05, 0.1) is 0 Å². The zero-order valence-corrected chi connectivity index (χ0v) is 9.97. The molecule has 0 saturated heterocycles. The van der Waals surface area contributed by atoms with Crippen molar-refractivity contribution in [3.8, 4) is 0 Å². The van der Waals surface area contributed by atoms with Crippen molar-refractivity contribution < 1.29 is 0 Å². The maximum atomic E-state index is 5.87. The highest BCUT2D eigenvalue weighted by Crippen LogP contribution is 2.24. The lowest BCUT2D eigenvalue weighted by molar-refractivity contribution is 1.37. The molecule has 0 heterocycles. The standard InChI is InChI=1S/C9H10BrClS/c1-2-12-6-7-5-8(11)3-4-9(7)10/h3-5H,2,6H2,1H3. The third-order valence-corrected chi connectivity index (χ3v) is 3.40. The molecular weight excluding hydrogens is 256 g/mol. The summed E-state index contributed by atoms with van der Waals surface area (Å²) in [6.45, 7) is 2.16. The van der Waals surface area contributed by atoms with Gasteiger partial charge in [0.15, 0.2) is 0 Å². The Morgan fingerprint density at radius 1 is 1.50 bits per heavy atom. The molecule has 0 aliphatic carbocycles. The molecule has 0 unspecified atom stereocenters. The van der Waals surface area contributed by atoms with Crippen LogP contribution in [0.15, 0.2) is 22.7 Å². The van der Waals surface area contributed by atoms with Gasteiger partial charge in [-0.25, -0.2) is 0 Å². The van der Waals surface area contributed by atoms with Crippen molar-refractivity contribution in [2.24, 2.45) is 0 Å². The van der Waals surface area contributed by atoms with Gasteiger partial charge < -0.3 is 0 Å². The van der Waals surface area contributed by atoms with E-state index in [1.54, 1.807) is 0 Å². The first-order chi connectivity index (χ1) is 5.74. The fraction of sp³-hybridized carbons (Fsp3) is 0.333. The molecule has 0 bridgehead atoms. The van der Waals surface area contributed by atoms with Crippen molar-refractivity contribution >= 4 is 39.3 Å². The summed E-state index contributed by atoms with van der Waals surface area (Å²) in [6, 6.07) is 5.90. The number of hydrogen-bond acceptors (Lipinski definition) is 1. The first-order valence-electron chi connectivity index (χ1n) is 3.75. The average Bonchev–Trinajstić information content (AvgIpc) is 2.07. The van der Waals surface area contributed by atoms with Gasteiger partial charge in [-0.3, -0.25) is 0 Å². The number of hydrogen-bond donors (Lipinski definition) is 0. The van der Waals surface area contributed by atoms with Crippen molar-refractivity contribution in [3.05, 3.63) is 33.3 Å². The quantitative estimate of drug-likeness (QED) is 0.783. The van der Waals surface area contributed by atoms with Gasteiger partial charge in [-0.1, -0.05) is 34.5 Å². The Bertz CT molecular complexity index is 263. The van der Waals surface area contributed by atoms with Crippen molar-refractivity contribution in [1.29, 1.82) is 0 Å². The second-order valence-electron chi connectivity index (χ2n) is 2.37. The third kappa shape index (κ3) is 3.00. The van der Waals surface area contributed by atoms with E-state index in [1.165, 1.54) is 5.56 Å². The smallest absolute Gasteiger partial charge is 0.0409 e. The number of benzene rings is 1. The summed E-state index contributed by atoms with van der Waals surface area (Å²) < 4.78 is 1.15. The fourth-order valence-electron chi connectivity index (χ4n) is 0.866. The Labute approximate surface area is 90.8 Å². The third-order valence-electron chi connectivity index (χ3n) is 1.47. The molecule has 66 valence electrons. The maximum Gasteiger partial charge on any atom is 0.0409 e. The van der Waals surface area contributed by atoms with Crippen LogP contribution in [0.25, 0.3) is 0 Å². The van der Waals surface area contributed by atoms with E-state index in [-0.39, 0.29) is 0 Å². The van der Waals surface area contributed by atoms with Crippen LogP contribution in [0.4, 0.5) is 0 Å². The van der Waals surface area contributed by atoms with Crippen LogP contribution in [-0.2, 0) is 5.75 Å². The Morgan fingerprint density at radius 3 is 2.92 bits per heavy atom. The minimum atomic E-state index is 0.810. The van der Waals surface area contributed by atoms with E-state index in [0.717, 1.165) is 21.0 Å². The zero-order valence-electron chi connectivity index (χ0n) is 6.81. The van der Waals surface area contributed by atoms with Crippen molar-refractivity contribution in [3.63, 3.8) is 0 Å². The molecule has 12 heavy (non-hydrogen) atoms. The molecule has 0 saturated carbocycles. The predicted octanol–water partition coefficient (Wildman–Crippen LogP) is 4.36. The van der Waals surface area contributed by atoms with Crippen LogP contribution in [0.3, 0.4) is 0 Å². The largest absolute Gasteiger partial charge is 0.157 e. The highest BCUT2D eigenvalue weighted by Gasteiger charge is 1.99. The molecule has 3 heteroatoms. The lowest BCUT2D eigenvalue weighted by Crippen LogP contribution is -1.83. The molecule has 0 spiro atoms. The molecule has 1 aromatic rings. The van der Waals surface area contributed by atoms with Gasteiger partial charge in [0.1, 0.15) is 0 Å². The van der Waals surface area contributed by atoms with Crippen LogP contribution in [0.1, 0.15) is 12.5 Å². The molecule has 0 nitrogen and oxygen atoms in total. The minimum absolute atomic E-state index is 0.810. The van der Waals surface area contributed by atoms with Gasteiger partial charge in [-0.15, -0.1) is 0 Å². The Balaban J connectivity index is 2.75. The maximum absolute atomic E-state index is 5.87. The molecular formula is C9H10BrClS. The molecule has 0 amide bonds. The zero-order chi connectivity index (χ0) is 8.97. The summed E-state index contributed by atoms with van der Waals surface area (Å²) in [5, 5.41) is 0.810. The lowest BCUT2D eigenvalue weighted by atomic mass is 10.2. The van der Waals surface area contributed by atoms with Crippen LogP contribution < -0.4 is 0 Å². The highest BCUT2D eigenvalue weighted by molar-refractivity contribution is 9.10. The predicted molar refractivity (Wildman–Crippen MR) is 61.0 cm³/mol. The fourth-order valence-corrected chi connectivity index (χ4v) is 2.30. The molecule has 0 fully saturated rings. The van der Waals surface area contributed by atoms with Gasteiger partial charge in [0.2, 0.25) is 0 Å². The Kier molecular flexibility index (Phi) is 4.47. The van der Waals surface area contributed by atoms with Gasteiger partial charge in [-0.2, -0.15) is 11.8 Å². The van der Waals surface area contributed by atoms with Crippen LogP contribution in [0.5, 0.6) is 0 Å². The molecule has 0 aromatic heterocycles. The average molecular weight is 266 g/mol. The van der Waals surface area contributed by atoms with Gasteiger partial charge >= 0.3 is 0 Å². The van der Waals surface area contributed by atoms with Crippen molar-refractivity contribution in [2.75, 3.05) is 5.75 Å². The van der Waals surface area contributed by atoms with Crippen molar-refractivity contribution in [1.82, 2.24) is 0 Å². The van der Waals surface area contributed by atoms with Crippen LogP contribution in [-0.4, -0.2) is 5.75 Å². The van der Waals surface area contributed by atoms with E-state index in [2.05, 4.69) is 22.9 Å². The monoisotopic (exact) mass is 264 g/mol. The van der Waals surface area contributed by atoms with Crippen LogP contribution in [0.2, 0.25) is 5.02 Å². The van der Waals surface area contributed by atoms with E-state index in [4.69, 9.17) is 11.6 Å². The van der Waals surface area contributed by atoms with Gasteiger partial charge in [0.25, 0.3) is 0 Å². The lowest BCUT2D eigenvalue weighted by Gasteiger charge is -2.03. The van der Waals surface area contributed by atoms with Gasteiger partial charge in [0, 0.05) is 15.2 Å². The number of rotatable bonds is 3. The molecule has 0 aliphatic rings. The Hall–Kier alpha value is 0.340. The number of thioether (sulfide) groups is 1. The van der Waals surface area contributed by atoms with Gasteiger partial charge in [-0.05, 0) is 29.5 Å². The molecule has 1 aromatic carbocycles. The first-order valence-corrected chi connectivity index (χ1v) is 6.08. The first kappa shape index (κ1) is 10.4. The molecule has 0 radical (unpaired) electrons. The normalized spacial score (nSPS) is 10.2. The Morgan fingerprint density at radius 2 is 2.25 bits per heavy atom. The SMILES string of the molecule is CCSCc1cc(Cl)ccc1Br. The van der Waals surface area contributed by atoms with E-state index in [9.17, 15) is 0 Å². The summed E-state index contributed by atoms with van der Waals surface area (Å²) in [7, 11) is 0. The molecule has 0 aliphatic heterocycles.